The number of aryl methyl sites for hydroxylation is 1. The SMILES string of the molecule is COC(=O)c1cccc(C#Cc2cccc(NC(=O)Cn3cnc4c(cnn4C)c3=O)c2)c1. The molecule has 164 valence electrons. The molecule has 1 N–H and O–H groups in total. The van der Waals surface area contributed by atoms with Gasteiger partial charge in [0.2, 0.25) is 5.91 Å². The smallest absolute Gasteiger partial charge is 0.337 e. The summed E-state index contributed by atoms with van der Waals surface area (Å²) in [7, 11) is 3.02. The number of hydrogen-bond donors (Lipinski definition) is 1. The molecule has 0 radical (unpaired) electrons. The Bertz CT molecular complexity index is 1490. The molecule has 0 atom stereocenters. The van der Waals surface area contributed by atoms with E-state index in [0.29, 0.717) is 33.4 Å². The first-order valence-electron chi connectivity index (χ1n) is 9.92. The molecule has 0 bridgehead atoms. The predicted molar refractivity (Wildman–Crippen MR) is 122 cm³/mol. The Labute approximate surface area is 188 Å². The number of anilines is 1. The van der Waals surface area contributed by atoms with Crippen LogP contribution >= 0.6 is 0 Å². The van der Waals surface area contributed by atoms with Crippen LogP contribution in [0.3, 0.4) is 0 Å². The predicted octanol–water partition coefficient (Wildman–Crippen LogP) is 1.96. The lowest BCUT2D eigenvalue weighted by atomic mass is 10.1. The van der Waals surface area contributed by atoms with Gasteiger partial charge in [-0.3, -0.25) is 18.8 Å². The van der Waals surface area contributed by atoms with Crippen molar-refractivity contribution in [1.82, 2.24) is 19.3 Å². The average Bonchev–Trinajstić information content (AvgIpc) is 3.20. The third-order valence-corrected chi connectivity index (χ3v) is 4.81. The van der Waals surface area contributed by atoms with Crippen molar-refractivity contribution in [3.63, 3.8) is 0 Å². The molecule has 2 heterocycles. The maximum Gasteiger partial charge on any atom is 0.337 e. The highest BCUT2D eigenvalue weighted by Gasteiger charge is 2.11. The fourth-order valence-corrected chi connectivity index (χ4v) is 3.20. The van der Waals surface area contributed by atoms with Gasteiger partial charge in [0.25, 0.3) is 5.56 Å². The molecule has 9 nitrogen and oxygen atoms in total. The zero-order valence-corrected chi connectivity index (χ0v) is 17.9. The summed E-state index contributed by atoms with van der Waals surface area (Å²) >= 11 is 0. The highest BCUT2D eigenvalue weighted by Crippen LogP contribution is 2.11. The van der Waals surface area contributed by atoms with Crippen molar-refractivity contribution < 1.29 is 14.3 Å². The van der Waals surface area contributed by atoms with E-state index in [4.69, 9.17) is 4.74 Å². The van der Waals surface area contributed by atoms with Gasteiger partial charge in [-0.15, -0.1) is 0 Å². The van der Waals surface area contributed by atoms with E-state index in [2.05, 4.69) is 27.2 Å². The summed E-state index contributed by atoms with van der Waals surface area (Å²) < 4.78 is 7.45. The van der Waals surface area contributed by atoms with Gasteiger partial charge in [-0.05, 0) is 36.4 Å². The number of carbonyl (C=O) groups excluding carboxylic acids is 2. The summed E-state index contributed by atoms with van der Waals surface area (Å²) in [6.07, 6.45) is 2.76. The maximum atomic E-state index is 12.5. The first-order valence-corrected chi connectivity index (χ1v) is 9.92. The minimum atomic E-state index is -0.430. The first-order chi connectivity index (χ1) is 15.9. The number of nitrogens with zero attached hydrogens (tertiary/aromatic N) is 4. The summed E-state index contributed by atoms with van der Waals surface area (Å²) in [6.45, 7) is -0.188. The second-order valence-corrected chi connectivity index (χ2v) is 7.13. The number of esters is 1. The number of fused-ring (bicyclic) bond motifs is 1. The van der Waals surface area contributed by atoms with Crippen LogP contribution in [0.4, 0.5) is 5.69 Å². The molecule has 4 rings (SSSR count). The first kappa shape index (κ1) is 21.5. The van der Waals surface area contributed by atoms with Crippen molar-refractivity contribution >= 4 is 28.6 Å². The molecule has 0 aliphatic heterocycles. The standard InChI is InChI=1S/C24H19N5O4/c1-28-22-20(13-26-28)23(31)29(15-25-22)14-21(30)27-19-8-4-6-17(12-19)10-9-16-5-3-7-18(11-16)24(32)33-2/h3-8,11-13,15H,14H2,1-2H3,(H,27,30). The van der Waals surface area contributed by atoms with Gasteiger partial charge in [0.05, 0.1) is 18.9 Å². The Morgan fingerprint density at radius 2 is 1.82 bits per heavy atom. The van der Waals surface area contributed by atoms with E-state index in [1.807, 2.05) is 0 Å². The molecule has 2 aromatic heterocycles. The number of methoxy groups -OCH3 is 1. The molecule has 1 amide bonds. The lowest BCUT2D eigenvalue weighted by Gasteiger charge is -2.07. The number of hydrogen-bond acceptors (Lipinski definition) is 6. The quantitative estimate of drug-likeness (QED) is 0.383. The van der Waals surface area contributed by atoms with Crippen LogP contribution in [0.5, 0.6) is 0 Å². The fourth-order valence-electron chi connectivity index (χ4n) is 3.20. The summed E-state index contributed by atoms with van der Waals surface area (Å²) in [6, 6.07) is 13.8. The van der Waals surface area contributed by atoms with Gasteiger partial charge in [-0.25, -0.2) is 9.78 Å². The number of amides is 1. The van der Waals surface area contributed by atoms with Crippen LogP contribution < -0.4 is 10.9 Å². The zero-order valence-electron chi connectivity index (χ0n) is 17.9. The van der Waals surface area contributed by atoms with Gasteiger partial charge in [0.1, 0.15) is 18.3 Å². The number of carbonyl (C=O) groups is 2. The number of rotatable bonds is 4. The van der Waals surface area contributed by atoms with E-state index in [-0.39, 0.29) is 18.0 Å². The lowest BCUT2D eigenvalue weighted by molar-refractivity contribution is -0.116. The van der Waals surface area contributed by atoms with E-state index in [0.717, 1.165) is 0 Å². The number of nitrogens with one attached hydrogen (secondary N) is 1. The molecule has 0 aliphatic carbocycles. The van der Waals surface area contributed by atoms with Crippen LogP contribution in [0, 0.1) is 11.8 Å². The van der Waals surface area contributed by atoms with Crippen LogP contribution in [0.25, 0.3) is 11.0 Å². The van der Waals surface area contributed by atoms with Crippen molar-refractivity contribution in [2.45, 2.75) is 6.54 Å². The molecule has 0 fully saturated rings. The number of aromatic nitrogens is 4. The van der Waals surface area contributed by atoms with Gasteiger partial charge in [-0.1, -0.05) is 24.0 Å². The summed E-state index contributed by atoms with van der Waals surface area (Å²) in [5.41, 5.74) is 2.41. The third-order valence-electron chi connectivity index (χ3n) is 4.81. The van der Waals surface area contributed by atoms with Crippen molar-refractivity contribution in [1.29, 1.82) is 0 Å². The Kier molecular flexibility index (Phi) is 6.00. The second-order valence-electron chi connectivity index (χ2n) is 7.13. The number of ether oxygens (including phenoxy) is 1. The van der Waals surface area contributed by atoms with Crippen LogP contribution in [0.1, 0.15) is 21.5 Å². The van der Waals surface area contributed by atoms with Crippen molar-refractivity contribution in [2.24, 2.45) is 7.05 Å². The second kappa shape index (κ2) is 9.20. The van der Waals surface area contributed by atoms with Crippen molar-refractivity contribution in [3.05, 3.63) is 88.1 Å². The van der Waals surface area contributed by atoms with Crippen LogP contribution in [0.15, 0.2) is 65.8 Å². The van der Waals surface area contributed by atoms with E-state index in [1.165, 1.54) is 28.9 Å². The summed E-state index contributed by atoms with van der Waals surface area (Å²) in [5, 5.41) is 7.13. The molecular formula is C24H19N5O4. The fraction of sp³-hybridized carbons (Fsp3) is 0.125. The molecule has 0 unspecified atom stereocenters. The Morgan fingerprint density at radius 1 is 1.09 bits per heavy atom. The topological polar surface area (TPSA) is 108 Å². The molecule has 0 aliphatic rings. The molecule has 33 heavy (non-hydrogen) atoms. The summed E-state index contributed by atoms with van der Waals surface area (Å²) in [5.74, 6) is 5.20. The zero-order chi connectivity index (χ0) is 23.4. The van der Waals surface area contributed by atoms with Gasteiger partial charge in [0, 0.05) is 23.9 Å². The molecular weight excluding hydrogens is 422 g/mol. The molecule has 0 saturated heterocycles. The molecule has 0 saturated carbocycles. The highest BCUT2D eigenvalue weighted by atomic mass is 16.5. The minimum Gasteiger partial charge on any atom is -0.465 e. The van der Waals surface area contributed by atoms with Gasteiger partial charge >= 0.3 is 5.97 Å². The average molecular weight is 441 g/mol. The van der Waals surface area contributed by atoms with E-state index < -0.39 is 5.97 Å². The minimum absolute atomic E-state index is 0.188. The van der Waals surface area contributed by atoms with Crippen molar-refractivity contribution in [3.8, 4) is 11.8 Å². The van der Waals surface area contributed by atoms with E-state index >= 15 is 0 Å². The highest BCUT2D eigenvalue weighted by molar-refractivity contribution is 5.91. The lowest BCUT2D eigenvalue weighted by Crippen LogP contribution is -2.27. The van der Waals surface area contributed by atoms with Gasteiger partial charge in [-0.2, -0.15) is 5.10 Å². The molecule has 0 spiro atoms. The monoisotopic (exact) mass is 441 g/mol. The Hall–Kier alpha value is -4.71. The third kappa shape index (κ3) is 4.80. The van der Waals surface area contributed by atoms with Crippen LogP contribution in [-0.4, -0.2) is 38.3 Å². The number of benzene rings is 2. The van der Waals surface area contributed by atoms with Crippen LogP contribution in [-0.2, 0) is 23.1 Å². The Morgan fingerprint density at radius 3 is 2.58 bits per heavy atom. The van der Waals surface area contributed by atoms with E-state index in [9.17, 15) is 14.4 Å². The van der Waals surface area contributed by atoms with Gasteiger partial charge < -0.3 is 10.1 Å². The molecule has 9 heteroatoms. The van der Waals surface area contributed by atoms with Crippen LogP contribution in [0.2, 0.25) is 0 Å². The Balaban J connectivity index is 1.47. The molecule has 2 aromatic carbocycles. The maximum absolute atomic E-state index is 12.5. The molecule has 4 aromatic rings. The van der Waals surface area contributed by atoms with E-state index in [1.54, 1.807) is 55.6 Å². The van der Waals surface area contributed by atoms with Gasteiger partial charge in [0.15, 0.2) is 5.65 Å². The largest absolute Gasteiger partial charge is 0.465 e. The normalized spacial score (nSPS) is 10.4. The van der Waals surface area contributed by atoms with Crippen molar-refractivity contribution in [2.75, 3.05) is 12.4 Å². The summed E-state index contributed by atoms with van der Waals surface area (Å²) in [4.78, 5) is 40.9.